The first kappa shape index (κ1) is 37.7. The van der Waals surface area contributed by atoms with E-state index in [9.17, 15) is 8.42 Å². The summed E-state index contributed by atoms with van der Waals surface area (Å²) in [6, 6.07) is 43.3. The van der Waals surface area contributed by atoms with Crippen LogP contribution in [0.25, 0.3) is 43.6 Å². The second-order valence-electron chi connectivity index (χ2n) is 14.6. The highest BCUT2D eigenvalue weighted by atomic mass is 32.2. The third-order valence-corrected chi connectivity index (χ3v) is 12.5. The van der Waals surface area contributed by atoms with Crippen molar-refractivity contribution in [1.29, 1.82) is 0 Å². The maximum absolute atomic E-state index is 13.5. The quantitative estimate of drug-likeness (QED) is 0.0581. The molecule has 0 amide bonds. The summed E-state index contributed by atoms with van der Waals surface area (Å²) in [6.07, 6.45) is 10.7. The van der Waals surface area contributed by atoms with Crippen LogP contribution in [-0.2, 0) is 22.9 Å². The fourth-order valence-electron chi connectivity index (χ4n) is 7.74. The number of benzene rings is 6. The van der Waals surface area contributed by atoms with Crippen molar-refractivity contribution in [2.45, 2.75) is 75.3 Å². The van der Waals surface area contributed by atoms with Gasteiger partial charge < -0.3 is 9.13 Å². The second kappa shape index (κ2) is 16.9. The van der Waals surface area contributed by atoms with E-state index in [1.807, 2.05) is 0 Å². The van der Waals surface area contributed by atoms with Gasteiger partial charge in [-0.1, -0.05) is 88.1 Å². The first-order valence-electron chi connectivity index (χ1n) is 20.0. The molecule has 0 fully saturated rings. The summed E-state index contributed by atoms with van der Waals surface area (Å²) in [5, 5.41) is 13.8. The fourth-order valence-corrected chi connectivity index (χ4v) is 9.00. The third-order valence-electron chi connectivity index (χ3n) is 10.7. The highest BCUT2D eigenvalue weighted by Crippen LogP contribution is 2.32. The molecule has 0 unspecified atom stereocenters. The van der Waals surface area contributed by atoms with Crippen LogP contribution in [0.1, 0.15) is 63.5 Å². The van der Waals surface area contributed by atoms with Gasteiger partial charge in [-0.15, -0.1) is 0 Å². The minimum absolute atomic E-state index is 0.207. The number of aromatic nitrogens is 2. The summed E-state index contributed by atoms with van der Waals surface area (Å²) in [4.78, 5) is 0.414. The van der Waals surface area contributed by atoms with Crippen LogP contribution in [0, 0.1) is 0 Å². The summed E-state index contributed by atoms with van der Waals surface area (Å²) >= 11 is 0. The van der Waals surface area contributed by atoms with Gasteiger partial charge in [0.1, 0.15) is 0 Å². The molecule has 6 aromatic carbocycles. The predicted octanol–water partition coefficient (Wildman–Crippen LogP) is 12.0. The van der Waals surface area contributed by atoms with Crippen LogP contribution in [-0.4, -0.2) is 30.0 Å². The van der Waals surface area contributed by atoms with Gasteiger partial charge in [0.05, 0.1) is 33.6 Å². The summed E-state index contributed by atoms with van der Waals surface area (Å²) < 4.78 is 31.9. The number of aryl methyl sites for hydroxylation is 2. The maximum atomic E-state index is 13.5. The summed E-state index contributed by atoms with van der Waals surface area (Å²) in [6.45, 7) is 6.47. The Labute approximate surface area is 334 Å². The van der Waals surface area contributed by atoms with E-state index in [4.69, 9.17) is 0 Å². The smallest absolute Gasteiger partial charge is 0.206 e. The molecule has 57 heavy (non-hydrogen) atoms. The lowest BCUT2D eigenvalue weighted by molar-refractivity contribution is 0.596. The zero-order valence-corrected chi connectivity index (χ0v) is 33.3. The molecule has 9 heteroatoms. The Bertz CT molecular complexity index is 2640. The third kappa shape index (κ3) is 7.93. The molecule has 0 spiro atoms. The van der Waals surface area contributed by atoms with Gasteiger partial charge in [-0.2, -0.15) is 10.2 Å². The molecule has 8 nitrogen and oxygen atoms in total. The first-order valence-corrected chi connectivity index (χ1v) is 21.5. The number of sulfone groups is 1. The molecular weight excluding hydrogens is 725 g/mol. The summed E-state index contributed by atoms with van der Waals surface area (Å²) in [5.74, 6) is 0. The van der Waals surface area contributed by atoms with E-state index in [0.717, 1.165) is 37.1 Å². The molecule has 0 aliphatic rings. The van der Waals surface area contributed by atoms with Crippen molar-refractivity contribution in [3.05, 3.63) is 145 Å². The average Bonchev–Trinajstić information content (AvgIpc) is 3.73. The Hall–Kier alpha value is -6.19. The molecule has 2 heterocycles. The lowest BCUT2D eigenvalue weighted by Gasteiger charge is -2.08. The van der Waals surface area contributed by atoms with E-state index in [0.29, 0.717) is 11.4 Å². The zero-order chi connectivity index (χ0) is 39.2. The standard InChI is InChI=1S/C48H48N6O2S/c1-3-5-11-29-53-45-15-9-7-13-41(45)43-31-35(17-27-47(43)53)33-49-51-37-19-23-39(24-20-37)57(55,56)40-25-21-38(22-26-40)52-50-34-36-18-28-48-44(32-36)42-14-8-10-16-46(42)54(48)30-12-6-4-2/h7-10,13-28,31-34,51-52H,3-6,11-12,29-30H2,1-2H3/b49-33+,50-34+. The van der Waals surface area contributed by atoms with Gasteiger partial charge in [0, 0.05) is 56.7 Å². The molecule has 8 rings (SSSR count). The molecule has 8 aromatic rings. The monoisotopic (exact) mass is 772 g/mol. The molecule has 288 valence electrons. The molecule has 0 saturated carbocycles. The number of unbranched alkanes of at least 4 members (excludes halogenated alkanes) is 4. The molecule has 0 atom stereocenters. The molecule has 0 saturated heterocycles. The number of hydrazone groups is 2. The number of hydrogen-bond acceptors (Lipinski definition) is 6. The van der Waals surface area contributed by atoms with Crippen LogP contribution in [0.4, 0.5) is 11.4 Å². The lowest BCUT2D eigenvalue weighted by atomic mass is 10.1. The Balaban J connectivity index is 0.899. The van der Waals surface area contributed by atoms with Crippen LogP contribution in [0.2, 0.25) is 0 Å². The van der Waals surface area contributed by atoms with E-state index in [-0.39, 0.29) is 9.79 Å². The molecule has 0 bridgehead atoms. The number of para-hydroxylation sites is 2. The van der Waals surface area contributed by atoms with Crippen molar-refractivity contribution in [2.24, 2.45) is 10.2 Å². The number of anilines is 2. The van der Waals surface area contributed by atoms with Crippen molar-refractivity contribution in [2.75, 3.05) is 10.9 Å². The van der Waals surface area contributed by atoms with Crippen molar-refractivity contribution in [3.8, 4) is 0 Å². The molecule has 0 radical (unpaired) electrons. The van der Waals surface area contributed by atoms with Crippen LogP contribution in [0.5, 0.6) is 0 Å². The van der Waals surface area contributed by atoms with E-state index in [1.54, 1.807) is 61.0 Å². The minimum atomic E-state index is -3.72. The van der Waals surface area contributed by atoms with E-state index >= 15 is 0 Å². The largest absolute Gasteiger partial charge is 0.340 e. The Morgan fingerprint density at radius 2 is 0.895 bits per heavy atom. The van der Waals surface area contributed by atoms with E-state index in [2.05, 4.69) is 129 Å². The Kier molecular flexibility index (Phi) is 11.2. The molecular formula is C48H48N6O2S. The topological polar surface area (TPSA) is 92.8 Å². The molecule has 2 aromatic heterocycles. The van der Waals surface area contributed by atoms with Crippen LogP contribution in [0.15, 0.2) is 153 Å². The van der Waals surface area contributed by atoms with Crippen molar-refractivity contribution < 1.29 is 8.42 Å². The van der Waals surface area contributed by atoms with Gasteiger partial charge in [0.2, 0.25) is 9.84 Å². The maximum Gasteiger partial charge on any atom is 0.206 e. The number of nitrogens with zero attached hydrogens (tertiary/aromatic N) is 4. The Morgan fingerprint density at radius 1 is 0.491 bits per heavy atom. The van der Waals surface area contributed by atoms with Gasteiger partial charge in [0.15, 0.2) is 0 Å². The lowest BCUT2D eigenvalue weighted by Crippen LogP contribution is -2.02. The van der Waals surface area contributed by atoms with Gasteiger partial charge in [-0.25, -0.2) is 8.42 Å². The second-order valence-corrected chi connectivity index (χ2v) is 16.5. The minimum Gasteiger partial charge on any atom is -0.340 e. The van der Waals surface area contributed by atoms with Crippen molar-refractivity contribution in [3.63, 3.8) is 0 Å². The van der Waals surface area contributed by atoms with E-state index < -0.39 is 9.84 Å². The van der Waals surface area contributed by atoms with Gasteiger partial charge in [0.25, 0.3) is 0 Å². The van der Waals surface area contributed by atoms with E-state index in [1.165, 1.54) is 69.3 Å². The van der Waals surface area contributed by atoms with Crippen LogP contribution < -0.4 is 10.9 Å². The summed E-state index contributed by atoms with van der Waals surface area (Å²) in [7, 11) is -3.72. The van der Waals surface area contributed by atoms with Crippen molar-refractivity contribution in [1.82, 2.24) is 9.13 Å². The average molecular weight is 773 g/mol. The number of fused-ring (bicyclic) bond motifs is 6. The predicted molar refractivity (Wildman–Crippen MR) is 239 cm³/mol. The van der Waals surface area contributed by atoms with Gasteiger partial charge >= 0.3 is 0 Å². The van der Waals surface area contributed by atoms with Gasteiger partial charge in [-0.05, 0) is 109 Å². The molecule has 0 aliphatic carbocycles. The number of hydrogen-bond donors (Lipinski definition) is 2. The first-order chi connectivity index (χ1) is 27.9. The molecule has 2 N–H and O–H groups in total. The fraction of sp³-hybridized carbons (Fsp3) is 0.208. The zero-order valence-electron chi connectivity index (χ0n) is 32.5. The van der Waals surface area contributed by atoms with Crippen LogP contribution >= 0.6 is 0 Å². The highest BCUT2D eigenvalue weighted by molar-refractivity contribution is 7.91. The Morgan fingerprint density at radius 3 is 1.32 bits per heavy atom. The number of nitrogens with one attached hydrogen (secondary N) is 2. The summed E-state index contributed by atoms with van der Waals surface area (Å²) in [5.41, 5.74) is 14.4. The normalized spacial score (nSPS) is 12.2. The highest BCUT2D eigenvalue weighted by Gasteiger charge is 2.18. The van der Waals surface area contributed by atoms with Crippen molar-refractivity contribution >= 4 is 77.3 Å². The van der Waals surface area contributed by atoms with Gasteiger partial charge in [-0.3, -0.25) is 10.9 Å². The number of rotatable bonds is 16. The SMILES string of the molecule is CCCCCn1c2ccccc2c2cc(/C=N/Nc3ccc(S(=O)(=O)c4ccc(N/N=C/c5ccc6c(c5)c5ccccc5n6CCCCC)cc4)cc3)ccc21. The molecule has 0 aliphatic heterocycles. The van der Waals surface area contributed by atoms with Crippen LogP contribution in [0.3, 0.4) is 0 Å².